The average molecular weight is 211 g/mol. The molecule has 72 valence electrons. The number of hydrazine groups is 1. The number of nitrogens with zero attached hydrogens (tertiary/aromatic N) is 4. The number of hydrogen-bond acceptors (Lipinski definition) is 5. The molecule has 2 aromatic rings. The van der Waals surface area contributed by atoms with Gasteiger partial charge in [-0.2, -0.15) is 4.98 Å². The quantitative estimate of drug-likeness (QED) is 0.561. The lowest BCUT2D eigenvalue weighted by molar-refractivity contribution is 0.967. The van der Waals surface area contributed by atoms with Crippen molar-refractivity contribution < 1.29 is 0 Å². The molecule has 3 N–H and O–H groups in total. The lowest BCUT2D eigenvalue weighted by Crippen LogP contribution is -2.11. The summed E-state index contributed by atoms with van der Waals surface area (Å²) in [6.45, 7) is 0. The van der Waals surface area contributed by atoms with Gasteiger partial charge in [0.1, 0.15) is 11.3 Å². The van der Waals surface area contributed by atoms with E-state index >= 15 is 0 Å². The smallest absolute Gasteiger partial charge is 0.239 e. The Labute approximate surface area is 84.7 Å². The average Bonchev–Trinajstić information content (AvgIpc) is 2.71. The number of nitrogens with one attached hydrogen (secondary N) is 1. The Hall–Kier alpha value is -1.66. The van der Waals surface area contributed by atoms with Crippen molar-refractivity contribution in [3.8, 4) is 5.82 Å². The first-order valence-corrected chi connectivity index (χ1v) is 4.16. The monoisotopic (exact) mass is 210 g/mol. The molecule has 0 aliphatic heterocycles. The second-order valence-corrected chi connectivity index (χ2v) is 2.89. The Balaban J connectivity index is 2.51. The molecule has 0 aliphatic carbocycles. The summed E-state index contributed by atoms with van der Waals surface area (Å²) < 4.78 is 1.67. The molecular weight excluding hydrogens is 204 g/mol. The molecule has 2 aromatic heterocycles. The SMILES string of the molecule is NNc1ncc(Cl)c(-n2ccnc2)n1. The highest BCUT2D eigenvalue weighted by Crippen LogP contribution is 2.17. The molecule has 0 aromatic carbocycles. The molecule has 0 fully saturated rings. The number of halogens is 1. The summed E-state index contributed by atoms with van der Waals surface area (Å²) in [5.41, 5.74) is 2.34. The lowest BCUT2D eigenvalue weighted by Gasteiger charge is -2.04. The third-order valence-electron chi connectivity index (χ3n) is 1.60. The standard InChI is InChI=1S/C7H7ClN6/c8-5-3-11-7(13-9)12-6(5)14-2-1-10-4-14/h1-4H,9H2,(H,11,12,13). The fraction of sp³-hybridized carbons (Fsp3) is 0. The third kappa shape index (κ3) is 1.52. The van der Waals surface area contributed by atoms with Gasteiger partial charge in [0.25, 0.3) is 0 Å². The van der Waals surface area contributed by atoms with Gasteiger partial charge in [0.2, 0.25) is 5.95 Å². The first-order chi connectivity index (χ1) is 6.81. The highest BCUT2D eigenvalue weighted by atomic mass is 35.5. The van der Waals surface area contributed by atoms with E-state index in [0.717, 1.165) is 0 Å². The molecule has 2 rings (SSSR count). The molecule has 2 heterocycles. The number of anilines is 1. The Morgan fingerprint density at radius 3 is 3.00 bits per heavy atom. The molecule has 0 bridgehead atoms. The summed E-state index contributed by atoms with van der Waals surface area (Å²) in [5.74, 6) is 6.02. The van der Waals surface area contributed by atoms with E-state index in [1.54, 1.807) is 23.3 Å². The van der Waals surface area contributed by atoms with Gasteiger partial charge in [0, 0.05) is 12.4 Å². The lowest BCUT2D eigenvalue weighted by atomic mass is 10.5. The number of hydrogen-bond donors (Lipinski definition) is 2. The van der Waals surface area contributed by atoms with Crippen LogP contribution in [-0.4, -0.2) is 19.5 Å². The van der Waals surface area contributed by atoms with Crippen molar-refractivity contribution in [3.63, 3.8) is 0 Å². The predicted molar refractivity (Wildman–Crippen MR) is 52.0 cm³/mol. The van der Waals surface area contributed by atoms with Crippen LogP contribution in [0.5, 0.6) is 0 Å². The highest BCUT2D eigenvalue weighted by molar-refractivity contribution is 6.32. The molecule has 0 unspecified atom stereocenters. The van der Waals surface area contributed by atoms with Gasteiger partial charge in [-0.05, 0) is 0 Å². The van der Waals surface area contributed by atoms with Crippen molar-refractivity contribution in [3.05, 3.63) is 29.9 Å². The van der Waals surface area contributed by atoms with Crippen molar-refractivity contribution in [2.75, 3.05) is 5.43 Å². The van der Waals surface area contributed by atoms with Gasteiger partial charge in [0.15, 0.2) is 5.82 Å². The molecule has 6 nitrogen and oxygen atoms in total. The van der Waals surface area contributed by atoms with Gasteiger partial charge in [-0.15, -0.1) is 0 Å². The predicted octanol–water partition coefficient (Wildman–Crippen LogP) is 0.601. The van der Waals surface area contributed by atoms with Crippen LogP contribution in [0, 0.1) is 0 Å². The molecule has 0 aliphatic rings. The summed E-state index contributed by atoms with van der Waals surface area (Å²) in [7, 11) is 0. The first kappa shape index (κ1) is 8.92. The molecule has 0 spiro atoms. The van der Waals surface area contributed by atoms with E-state index in [1.807, 2.05) is 0 Å². The van der Waals surface area contributed by atoms with Gasteiger partial charge in [-0.25, -0.2) is 15.8 Å². The van der Waals surface area contributed by atoms with Gasteiger partial charge >= 0.3 is 0 Å². The van der Waals surface area contributed by atoms with Crippen LogP contribution in [0.4, 0.5) is 5.95 Å². The number of aromatic nitrogens is 4. The molecule has 0 saturated carbocycles. The van der Waals surface area contributed by atoms with E-state index < -0.39 is 0 Å². The van der Waals surface area contributed by atoms with E-state index in [-0.39, 0.29) is 0 Å². The molecule has 0 radical (unpaired) electrons. The highest BCUT2D eigenvalue weighted by Gasteiger charge is 2.05. The summed E-state index contributed by atoms with van der Waals surface area (Å²) >= 11 is 5.90. The van der Waals surface area contributed by atoms with Gasteiger partial charge in [-0.1, -0.05) is 11.6 Å². The number of imidazole rings is 1. The van der Waals surface area contributed by atoms with Crippen LogP contribution in [0.1, 0.15) is 0 Å². The van der Waals surface area contributed by atoms with Crippen molar-refractivity contribution in [2.45, 2.75) is 0 Å². The van der Waals surface area contributed by atoms with Crippen LogP contribution in [0.25, 0.3) is 5.82 Å². The van der Waals surface area contributed by atoms with Gasteiger partial charge in [-0.3, -0.25) is 9.99 Å². The molecular formula is C7H7ClN6. The molecule has 7 heteroatoms. The van der Waals surface area contributed by atoms with Crippen LogP contribution in [-0.2, 0) is 0 Å². The Morgan fingerprint density at radius 1 is 1.50 bits per heavy atom. The summed E-state index contributed by atoms with van der Waals surface area (Å²) in [5, 5.41) is 0.432. The Kier molecular flexibility index (Phi) is 2.30. The minimum absolute atomic E-state index is 0.304. The van der Waals surface area contributed by atoms with Crippen LogP contribution in [0.3, 0.4) is 0 Å². The zero-order valence-electron chi connectivity index (χ0n) is 7.05. The summed E-state index contributed by atoms with van der Waals surface area (Å²) in [6, 6.07) is 0. The Bertz CT molecular complexity index is 426. The van der Waals surface area contributed by atoms with E-state index in [4.69, 9.17) is 17.4 Å². The number of nitrogen functional groups attached to an aromatic ring is 1. The van der Waals surface area contributed by atoms with E-state index in [1.165, 1.54) is 6.20 Å². The largest absolute Gasteiger partial charge is 0.292 e. The maximum Gasteiger partial charge on any atom is 0.239 e. The van der Waals surface area contributed by atoms with Gasteiger partial charge < -0.3 is 0 Å². The molecule has 0 atom stereocenters. The maximum absolute atomic E-state index is 5.90. The fourth-order valence-electron chi connectivity index (χ4n) is 0.993. The van der Waals surface area contributed by atoms with Crippen LogP contribution in [0.2, 0.25) is 5.02 Å². The number of rotatable bonds is 2. The second kappa shape index (κ2) is 3.60. The van der Waals surface area contributed by atoms with Crippen LogP contribution >= 0.6 is 11.6 Å². The van der Waals surface area contributed by atoms with E-state index in [2.05, 4.69) is 20.4 Å². The van der Waals surface area contributed by atoms with Crippen LogP contribution in [0.15, 0.2) is 24.9 Å². The van der Waals surface area contributed by atoms with Crippen molar-refractivity contribution in [1.29, 1.82) is 0 Å². The van der Waals surface area contributed by atoms with Crippen molar-refractivity contribution >= 4 is 17.5 Å². The molecule has 0 saturated heterocycles. The summed E-state index contributed by atoms with van der Waals surface area (Å²) in [4.78, 5) is 11.8. The molecule has 0 amide bonds. The van der Waals surface area contributed by atoms with Crippen molar-refractivity contribution in [1.82, 2.24) is 19.5 Å². The fourth-order valence-corrected chi connectivity index (χ4v) is 1.18. The van der Waals surface area contributed by atoms with E-state index in [9.17, 15) is 0 Å². The third-order valence-corrected chi connectivity index (χ3v) is 1.87. The van der Waals surface area contributed by atoms with Gasteiger partial charge in [0.05, 0.1) is 6.20 Å². The Morgan fingerprint density at radius 2 is 2.36 bits per heavy atom. The second-order valence-electron chi connectivity index (χ2n) is 2.48. The number of nitrogens with two attached hydrogens (primary N) is 1. The maximum atomic E-state index is 5.90. The van der Waals surface area contributed by atoms with E-state index in [0.29, 0.717) is 16.8 Å². The topological polar surface area (TPSA) is 81.6 Å². The zero-order valence-corrected chi connectivity index (χ0v) is 7.81. The van der Waals surface area contributed by atoms with Crippen LogP contribution < -0.4 is 11.3 Å². The first-order valence-electron chi connectivity index (χ1n) is 3.79. The summed E-state index contributed by atoms with van der Waals surface area (Å²) in [6.07, 6.45) is 6.43. The zero-order chi connectivity index (χ0) is 9.97. The molecule has 14 heavy (non-hydrogen) atoms. The van der Waals surface area contributed by atoms with Crippen molar-refractivity contribution in [2.24, 2.45) is 5.84 Å². The normalized spacial score (nSPS) is 10.1. The minimum atomic E-state index is 0.304. The minimum Gasteiger partial charge on any atom is -0.292 e.